The minimum absolute atomic E-state index is 0.0589. The molecular weight excluding hydrogens is 416 g/mol. The van der Waals surface area contributed by atoms with E-state index in [-0.39, 0.29) is 12.1 Å². The van der Waals surface area contributed by atoms with Crippen molar-refractivity contribution >= 4 is 16.7 Å². The average Bonchev–Trinajstić information content (AvgIpc) is 3.43. The molecule has 4 aromatic rings. The van der Waals surface area contributed by atoms with E-state index in [0.717, 1.165) is 60.2 Å². The van der Waals surface area contributed by atoms with Crippen LogP contribution in [0.15, 0.2) is 37.1 Å². The largest absolute Gasteiger partial charge is 0.472 e. The lowest BCUT2D eigenvalue weighted by Crippen LogP contribution is -2.27. The zero-order valence-corrected chi connectivity index (χ0v) is 18.8. The van der Waals surface area contributed by atoms with Gasteiger partial charge < -0.3 is 10.1 Å². The van der Waals surface area contributed by atoms with Crippen molar-refractivity contribution in [3.05, 3.63) is 42.7 Å². The van der Waals surface area contributed by atoms with E-state index in [4.69, 9.17) is 16.3 Å². The normalized spacial score (nSPS) is 18.2. The van der Waals surface area contributed by atoms with Crippen LogP contribution in [0.5, 0.6) is 5.88 Å². The van der Waals surface area contributed by atoms with Crippen molar-refractivity contribution in [1.82, 2.24) is 34.5 Å². The minimum atomic E-state index is 0.0589. The highest BCUT2D eigenvalue weighted by atomic mass is 16.5. The first-order chi connectivity index (χ1) is 16.2. The maximum atomic E-state index is 6.10. The third-order valence-corrected chi connectivity index (χ3v) is 6.00. The fraction of sp³-hybridized carbons (Fsp3) is 0.375. The Kier molecular flexibility index (Phi) is 5.65. The van der Waals surface area contributed by atoms with Crippen molar-refractivity contribution in [2.75, 3.05) is 11.9 Å². The predicted molar refractivity (Wildman–Crippen MR) is 126 cm³/mol. The molecule has 1 aliphatic rings. The molecule has 0 bridgehead atoms. The van der Waals surface area contributed by atoms with Gasteiger partial charge in [-0.3, -0.25) is 9.36 Å². The fourth-order valence-electron chi connectivity index (χ4n) is 4.42. The Morgan fingerprint density at radius 2 is 1.97 bits per heavy atom. The van der Waals surface area contributed by atoms with E-state index in [1.807, 2.05) is 25.6 Å². The lowest BCUT2D eigenvalue weighted by molar-refractivity contribution is 0.125. The van der Waals surface area contributed by atoms with Gasteiger partial charge in [0.2, 0.25) is 5.88 Å². The quantitative estimate of drug-likeness (QED) is 0.456. The number of hydrogen-bond acceptors (Lipinski definition) is 7. The molecule has 5 rings (SSSR count). The number of ether oxygens (including phenoxy) is 1. The van der Waals surface area contributed by atoms with Crippen LogP contribution in [0.2, 0.25) is 0 Å². The van der Waals surface area contributed by atoms with Crippen molar-refractivity contribution in [3.8, 4) is 29.5 Å². The number of terminal acetylenes is 1. The van der Waals surface area contributed by atoms with Gasteiger partial charge in [-0.05, 0) is 38.5 Å². The van der Waals surface area contributed by atoms with Gasteiger partial charge in [0, 0.05) is 55.4 Å². The van der Waals surface area contributed by atoms with Gasteiger partial charge in [0.1, 0.15) is 17.6 Å². The zero-order chi connectivity index (χ0) is 22.8. The molecule has 0 aromatic carbocycles. The Balaban J connectivity index is 1.41. The Bertz CT molecular complexity index is 1310. The molecule has 0 radical (unpaired) electrons. The van der Waals surface area contributed by atoms with Crippen molar-refractivity contribution in [2.24, 2.45) is 7.05 Å². The molecule has 1 saturated carbocycles. The molecule has 4 heterocycles. The van der Waals surface area contributed by atoms with Gasteiger partial charge in [0.15, 0.2) is 5.69 Å². The number of hydrogen-bond donors (Lipinski definition) is 1. The third kappa shape index (κ3) is 4.12. The smallest absolute Gasteiger partial charge is 0.249 e. The van der Waals surface area contributed by atoms with Crippen molar-refractivity contribution in [2.45, 2.75) is 44.8 Å². The molecule has 9 heteroatoms. The molecule has 4 aromatic heterocycles. The monoisotopic (exact) mass is 442 g/mol. The minimum Gasteiger partial charge on any atom is -0.472 e. The molecule has 0 atom stereocenters. The summed E-state index contributed by atoms with van der Waals surface area (Å²) in [6.45, 7) is 2.88. The van der Waals surface area contributed by atoms with Crippen LogP contribution < -0.4 is 10.1 Å². The summed E-state index contributed by atoms with van der Waals surface area (Å²) in [6.07, 6.45) is 18.2. The molecule has 0 aliphatic heterocycles. The van der Waals surface area contributed by atoms with E-state index >= 15 is 0 Å². The number of nitrogens with one attached hydrogen (secondary N) is 1. The number of nitrogens with zero attached hydrogens (tertiary/aromatic N) is 7. The van der Waals surface area contributed by atoms with Crippen LogP contribution in [-0.2, 0) is 7.05 Å². The van der Waals surface area contributed by atoms with Crippen molar-refractivity contribution in [1.29, 1.82) is 0 Å². The van der Waals surface area contributed by atoms with Crippen LogP contribution in [0, 0.1) is 12.3 Å². The molecule has 0 saturated heterocycles. The highest BCUT2D eigenvalue weighted by Gasteiger charge is 2.27. The number of anilines is 1. The van der Waals surface area contributed by atoms with Gasteiger partial charge in [-0.1, -0.05) is 0 Å². The second kappa shape index (κ2) is 8.90. The number of aryl methyl sites for hydroxylation is 1. The van der Waals surface area contributed by atoms with Crippen LogP contribution in [0.3, 0.4) is 0 Å². The average molecular weight is 443 g/mol. The first-order valence-corrected chi connectivity index (χ1v) is 11.2. The summed E-state index contributed by atoms with van der Waals surface area (Å²) < 4.78 is 10.1. The molecule has 0 unspecified atom stereocenters. The number of pyridine rings is 1. The van der Waals surface area contributed by atoms with E-state index in [1.165, 1.54) is 0 Å². The van der Waals surface area contributed by atoms with E-state index in [0.29, 0.717) is 11.6 Å². The first kappa shape index (κ1) is 20.9. The summed E-state index contributed by atoms with van der Waals surface area (Å²) in [5.41, 5.74) is 3.42. The highest BCUT2D eigenvalue weighted by molar-refractivity contribution is 5.93. The lowest BCUT2D eigenvalue weighted by Gasteiger charge is -2.29. The van der Waals surface area contributed by atoms with Gasteiger partial charge >= 0.3 is 0 Å². The van der Waals surface area contributed by atoms with Gasteiger partial charge in [-0.25, -0.2) is 15.0 Å². The van der Waals surface area contributed by atoms with Crippen molar-refractivity contribution < 1.29 is 4.74 Å². The SMILES string of the molecule is C#Cc1nccnc1O[C@H]1CC[C@@H](n2nc(-c3cnn(C)c3)c3cnc(NCC)cc32)CC1. The van der Waals surface area contributed by atoms with Crippen LogP contribution in [0.1, 0.15) is 44.3 Å². The second-order valence-electron chi connectivity index (χ2n) is 8.22. The summed E-state index contributed by atoms with van der Waals surface area (Å²) in [4.78, 5) is 13.0. The zero-order valence-electron chi connectivity index (χ0n) is 18.8. The molecule has 0 amide bonds. The van der Waals surface area contributed by atoms with Gasteiger partial charge in [-0.2, -0.15) is 10.2 Å². The van der Waals surface area contributed by atoms with E-state index < -0.39 is 0 Å². The summed E-state index contributed by atoms with van der Waals surface area (Å²) >= 11 is 0. The molecule has 9 nitrogen and oxygen atoms in total. The molecule has 168 valence electrons. The van der Waals surface area contributed by atoms with E-state index in [9.17, 15) is 0 Å². The third-order valence-electron chi connectivity index (χ3n) is 6.00. The maximum absolute atomic E-state index is 6.10. The van der Waals surface area contributed by atoms with Crippen LogP contribution >= 0.6 is 0 Å². The summed E-state index contributed by atoms with van der Waals surface area (Å²) in [6, 6.07) is 2.36. The Morgan fingerprint density at radius 3 is 2.70 bits per heavy atom. The Hall–Kier alpha value is -3.93. The summed E-state index contributed by atoms with van der Waals surface area (Å²) in [5.74, 6) is 3.83. The maximum Gasteiger partial charge on any atom is 0.249 e. The van der Waals surface area contributed by atoms with E-state index in [1.54, 1.807) is 17.1 Å². The van der Waals surface area contributed by atoms with Gasteiger partial charge in [0.05, 0.1) is 17.8 Å². The number of fused-ring (bicyclic) bond motifs is 1. The topological polar surface area (TPSA) is 95.6 Å². The van der Waals surface area contributed by atoms with Crippen LogP contribution in [0.4, 0.5) is 5.82 Å². The van der Waals surface area contributed by atoms with Gasteiger partial charge in [-0.15, -0.1) is 6.42 Å². The van der Waals surface area contributed by atoms with Crippen molar-refractivity contribution in [3.63, 3.8) is 0 Å². The summed E-state index contributed by atoms with van der Waals surface area (Å²) in [7, 11) is 1.91. The lowest BCUT2D eigenvalue weighted by atomic mass is 9.93. The predicted octanol–water partition coefficient (Wildman–Crippen LogP) is 3.60. The Labute approximate surface area is 192 Å². The number of rotatable bonds is 6. The standard InChI is InChI=1S/C24H26N8O/c1-4-20-24(27-11-10-26-20)33-18-8-6-17(7-9-18)32-21-12-22(25-5-2)28-14-19(21)23(30-32)16-13-29-31(3)15-16/h1,10-15,17-18H,5-9H2,2-3H3,(H,25,28)/t17-,18+. The number of aromatic nitrogens is 7. The van der Waals surface area contributed by atoms with Crippen LogP contribution in [0.25, 0.3) is 22.2 Å². The van der Waals surface area contributed by atoms with Crippen LogP contribution in [-0.4, -0.2) is 47.2 Å². The Morgan fingerprint density at radius 1 is 1.15 bits per heavy atom. The first-order valence-electron chi connectivity index (χ1n) is 11.2. The summed E-state index contributed by atoms with van der Waals surface area (Å²) in [5, 5.41) is 13.7. The molecule has 1 aliphatic carbocycles. The van der Waals surface area contributed by atoms with Gasteiger partial charge in [0.25, 0.3) is 0 Å². The fourth-order valence-corrected chi connectivity index (χ4v) is 4.42. The molecular formula is C24H26N8O. The molecule has 1 N–H and O–H groups in total. The molecule has 1 fully saturated rings. The molecule has 33 heavy (non-hydrogen) atoms. The molecule has 0 spiro atoms. The second-order valence-corrected chi connectivity index (χ2v) is 8.22. The highest BCUT2D eigenvalue weighted by Crippen LogP contribution is 2.36. The van der Waals surface area contributed by atoms with E-state index in [2.05, 4.69) is 49.0 Å².